The van der Waals surface area contributed by atoms with Gasteiger partial charge in [0.1, 0.15) is 0 Å². The number of para-hydroxylation sites is 1. The van der Waals surface area contributed by atoms with Crippen LogP contribution in [-0.2, 0) is 0 Å². The molecule has 3 rings (SSSR count). The number of hydrogen-bond acceptors (Lipinski definition) is 4. The number of thioether (sulfide) groups is 1. The first-order valence-electron chi connectivity index (χ1n) is 6.32. The van der Waals surface area contributed by atoms with Gasteiger partial charge in [-0.3, -0.25) is 0 Å². The Bertz CT molecular complexity index is 546. The molecule has 1 fully saturated rings. The van der Waals surface area contributed by atoms with Crippen molar-refractivity contribution < 1.29 is 0 Å². The fourth-order valence-electron chi connectivity index (χ4n) is 2.32. The molecule has 0 amide bonds. The number of nitrogens with one attached hydrogen (secondary N) is 1. The predicted octanol–water partition coefficient (Wildman–Crippen LogP) is 3.33. The topological polar surface area (TPSA) is 37.8 Å². The number of benzene rings is 1. The van der Waals surface area contributed by atoms with Crippen LogP contribution in [0.2, 0.25) is 0 Å². The van der Waals surface area contributed by atoms with E-state index in [4.69, 9.17) is 0 Å². The fraction of sp³-hybridized carbons (Fsp3) is 0.429. The molecule has 0 atom stereocenters. The van der Waals surface area contributed by atoms with E-state index < -0.39 is 0 Å². The summed E-state index contributed by atoms with van der Waals surface area (Å²) in [6.07, 6.45) is 8.03. The van der Waals surface area contributed by atoms with Gasteiger partial charge in [-0.1, -0.05) is 24.6 Å². The van der Waals surface area contributed by atoms with Gasteiger partial charge in [0.25, 0.3) is 0 Å². The van der Waals surface area contributed by atoms with Crippen molar-refractivity contribution in [2.24, 2.45) is 0 Å². The van der Waals surface area contributed by atoms with Crippen LogP contribution in [0.5, 0.6) is 0 Å². The second kappa shape index (κ2) is 4.76. The summed E-state index contributed by atoms with van der Waals surface area (Å²) in [6.45, 7) is 0.965. The molecule has 0 saturated heterocycles. The Hall–Kier alpha value is -1.29. The maximum Gasteiger partial charge on any atom is 0.223 e. The smallest absolute Gasteiger partial charge is 0.223 e. The van der Waals surface area contributed by atoms with Gasteiger partial charge in [-0.05, 0) is 25.2 Å². The predicted molar refractivity (Wildman–Crippen MR) is 78.1 cm³/mol. The molecule has 1 aliphatic rings. The second-order valence-corrected chi connectivity index (χ2v) is 6.12. The zero-order valence-corrected chi connectivity index (χ0v) is 11.3. The molecule has 1 heterocycles. The van der Waals surface area contributed by atoms with Gasteiger partial charge in [0, 0.05) is 22.9 Å². The van der Waals surface area contributed by atoms with E-state index in [0.29, 0.717) is 4.75 Å². The Morgan fingerprint density at radius 3 is 2.89 bits per heavy atom. The van der Waals surface area contributed by atoms with E-state index >= 15 is 0 Å². The molecule has 4 heteroatoms. The van der Waals surface area contributed by atoms with Gasteiger partial charge in [-0.25, -0.2) is 9.97 Å². The number of hydrogen-bond donors (Lipinski definition) is 1. The zero-order chi connectivity index (χ0) is 12.4. The van der Waals surface area contributed by atoms with E-state index in [-0.39, 0.29) is 0 Å². The third kappa shape index (κ3) is 2.17. The van der Waals surface area contributed by atoms with Crippen LogP contribution in [0.25, 0.3) is 10.9 Å². The average molecular weight is 259 g/mol. The van der Waals surface area contributed by atoms with Crippen LogP contribution in [0.15, 0.2) is 30.5 Å². The highest BCUT2D eigenvalue weighted by molar-refractivity contribution is 8.00. The highest BCUT2D eigenvalue weighted by Crippen LogP contribution is 2.42. The first kappa shape index (κ1) is 11.8. The van der Waals surface area contributed by atoms with Crippen molar-refractivity contribution in [2.45, 2.75) is 24.0 Å². The molecule has 0 bridgehead atoms. The van der Waals surface area contributed by atoms with Gasteiger partial charge in [0.15, 0.2) is 0 Å². The molecule has 1 aromatic heterocycles. The van der Waals surface area contributed by atoms with Crippen molar-refractivity contribution in [1.82, 2.24) is 9.97 Å². The summed E-state index contributed by atoms with van der Waals surface area (Å²) in [5.41, 5.74) is 1.00. The largest absolute Gasteiger partial charge is 0.353 e. The van der Waals surface area contributed by atoms with Crippen LogP contribution in [0.4, 0.5) is 5.95 Å². The second-order valence-electron chi connectivity index (χ2n) is 4.85. The molecule has 1 saturated carbocycles. The number of aromatic nitrogens is 2. The Kier molecular flexibility index (Phi) is 3.12. The lowest BCUT2D eigenvalue weighted by molar-refractivity contribution is 0.379. The minimum absolute atomic E-state index is 0.412. The fourth-order valence-corrected chi connectivity index (χ4v) is 3.24. The monoisotopic (exact) mass is 259 g/mol. The molecule has 0 radical (unpaired) electrons. The van der Waals surface area contributed by atoms with Gasteiger partial charge in [0.2, 0.25) is 5.95 Å². The third-order valence-electron chi connectivity index (χ3n) is 3.76. The summed E-state index contributed by atoms with van der Waals surface area (Å²) < 4.78 is 0.412. The van der Waals surface area contributed by atoms with E-state index in [2.05, 4.69) is 21.5 Å². The Morgan fingerprint density at radius 2 is 2.17 bits per heavy atom. The third-order valence-corrected chi connectivity index (χ3v) is 5.17. The van der Waals surface area contributed by atoms with Gasteiger partial charge in [-0.15, -0.1) is 0 Å². The lowest BCUT2D eigenvalue weighted by atomic mass is 9.84. The Balaban J connectivity index is 1.74. The summed E-state index contributed by atoms with van der Waals surface area (Å²) in [5, 5.41) is 4.48. The molecule has 1 aliphatic carbocycles. The van der Waals surface area contributed by atoms with Gasteiger partial charge < -0.3 is 5.32 Å². The van der Waals surface area contributed by atoms with E-state index in [9.17, 15) is 0 Å². The first-order valence-corrected chi connectivity index (χ1v) is 7.55. The van der Waals surface area contributed by atoms with Crippen molar-refractivity contribution in [3.63, 3.8) is 0 Å². The summed E-state index contributed by atoms with van der Waals surface area (Å²) in [4.78, 5) is 8.91. The number of rotatable bonds is 4. The molecule has 3 nitrogen and oxygen atoms in total. The van der Waals surface area contributed by atoms with Crippen molar-refractivity contribution >= 4 is 28.6 Å². The molecule has 1 N–H and O–H groups in total. The van der Waals surface area contributed by atoms with E-state index in [1.165, 1.54) is 19.3 Å². The van der Waals surface area contributed by atoms with Crippen molar-refractivity contribution in [3.05, 3.63) is 30.5 Å². The Morgan fingerprint density at radius 1 is 1.33 bits per heavy atom. The minimum atomic E-state index is 0.412. The quantitative estimate of drug-likeness (QED) is 0.914. The summed E-state index contributed by atoms with van der Waals surface area (Å²) in [6, 6.07) is 8.08. The van der Waals surface area contributed by atoms with Crippen LogP contribution in [0, 0.1) is 0 Å². The van der Waals surface area contributed by atoms with Crippen molar-refractivity contribution in [3.8, 4) is 0 Å². The van der Waals surface area contributed by atoms with E-state index in [0.717, 1.165) is 23.4 Å². The standard InChI is InChI=1S/C14H17N3S/c1-18-14(7-4-8-14)10-16-13-15-9-11-5-2-3-6-12(11)17-13/h2-3,5-6,9H,4,7-8,10H2,1H3,(H,15,16,17). The minimum Gasteiger partial charge on any atom is -0.353 e. The van der Waals surface area contributed by atoms with Crippen molar-refractivity contribution in [2.75, 3.05) is 18.1 Å². The van der Waals surface area contributed by atoms with Crippen LogP contribution in [0.3, 0.4) is 0 Å². The van der Waals surface area contributed by atoms with Crippen LogP contribution in [-0.4, -0.2) is 27.5 Å². The summed E-state index contributed by atoms with van der Waals surface area (Å²) in [7, 11) is 0. The molecular weight excluding hydrogens is 242 g/mol. The number of nitrogens with zero attached hydrogens (tertiary/aromatic N) is 2. The molecule has 0 unspecified atom stereocenters. The number of anilines is 1. The normalized spacial score (nSPS) is 17.4. The highest BCUT2D eigenvalue weighted by Gasteiger charge is 2.35. The van der Waals surface area contributed by atoms with E-state index in [1.807, 2.05) is 42.2 Å². The van der Waals surface area contributed by atoms with Gasteiger partial charge >= 0.3 is 0 Å². The van der Waals surface area contributed by atoms with Gasteiger partial charge in [-0.2, -0.15) is 11.8 Å². The molecule has 0 aliphatic heterocycles. The summed E-state index contributed by atoms with van der Waals surface area (Å²) >= 11 is 1.96. The number of fused-ring (bicyclic) bond motifs is 1. The Labute approximate surface area is 111 Å². The lowest BCUT2D eigenvalue weighted by Gasteiger charge is -2.40. The van der Waals surface area contributed by atoms with E-state index in [1.54, 1.807) is 0 Å². The van der Waals surface area contributed by atoms with Crippen molar-refractivity contribution in [1.29, 1.82) is 0 Å². The maximum atomic E-state index is 4.54. The molecule has 0 spiro atoms. The van der Waals surface area contributed by atoms with Crippen LogP contribution >= 0.6 is 11.8 Å². The molecule has 2 aromatic rings. The first-order chi connectivity index (χ1) is 8.81. The average Bonchev–Trinajstić information content (AvgIpc) is 2.38. The maximum absolute atomic E-state index is 4.54. The van der Waals surface area contributed by atoms with Crippen LogP contribution in [0.1, 0.15) is 19.3 Å². The highest BCUT2D eigenvalue weighted by atomic mass is 32.2. The zero-order valence-electron chi connectivity index (χ0n) is 10.5. The molecule has 94 valence electrons. The SMILES string of the molecule is CSC1(CNc2ncc3ccccc3n2)CCC1. The lowest BCUT2D eigenvalue weighted by Crippen LogP contribution is -2.40. The van der Waals surface area contributed by atoms with Gasteiger partial charge in [0.05, 0.1) is 5.52 Å². The summed E-state index contributed by atoms with van der Waals surface area (Å²) in [5.74, 6) is 0.744. The molecule has 1 aromatic carbocycles. The van der Waals surface area contributed by atoms with Crippen LogP contribution < -0.4 is 5.32 Å². The molecule has 18 heavy (non-hydrogen) atoms. The molecular formula is C14H17N3S.